The molecule has 1 amide bonds. The van der Waals surface area contributed by atoms with Gasteiger partial charge in [0, 0.05) is 30.8 Å². The van der Waals surface area contributed by atoms with Gasteiger partial charge in [-0.25, -0.2) is 14.6 Å². The molecule has 27 heavy (non-hydrogen) atoms. The number of aromatic nitrogens is 3. The van der Waals surface area contributed by atoms with Crippen molar-refractivity contribution in [3.8, 4) is 0 Å². The standard InChI is InChI=1S/C18H24N4O5/c1-4-26-17(24)15-16-20-14(23)9-13(22(16)10-19-15)12-5-7-21(8-6-12)18(25)27-11(2)3/h9-12H,4-8H2,1-3H3,(H,20,23). The van der Waals surface area contributed by atoms with Gasteiger partial charge in [-0.2, -0.15) is 0 Å². The Kier molecular flexibility index (Phi) is 5.48. The van der Waals surface area contributed by atoms with Gasteiger partial charge >= 0.3 is 12.1 Å². The number of carbonyl (C=O) groups is 2. The third-order valence-corrected chi connectivity index (χ3v) is 4.54. The molecule has 0 radical (unpaired) electrons. The Morgan fingerprint density at radius 2 is 2.04 bits per heavy atom. The van der Waals surface area contributed by atoms with Gasteiger partial charge in [-0.1, -0.05) is 0 Å². The number of aromatic amines is 1. The highest BCUT2D eigenvalue weighted by molar-refractivity contribution is 5.93. The van der Waals surface area contributed by atoms with Gasteiger partial charge in [-0.3, -0.25) is 9.20 Å². The predicted octanol–water partition coefficient (Wildman–Crippen LogP) is 1.92. The highest BCUT2D eigenvalue weighted by Crippen LogP contribution is 2.28. The molecule has 0 aliphatic carbocycles. The Balaban J connectivity index is 1.83. The first-order valence-electron chi connectivity index (χ1n) is 9.13. The Labute approximate surface area is 156 Å². The highest BCUT2D eigenvalue weighted by Gasteiger charge is 2.28. The van der Waals surface area contributed by atoms with Crippen molar-refractivity contribution in [2.75, 3.05) is 19.7 Å². The maximum Gasteiger partial charge on any atom is 0.410 e. The summed E-state index contributed by atoms with van der Waals surface area (Å²) in [6.07, 6.45) is 2.44. The van der Waals surface area contributed by atoms with E-state index in [0.29, 0.717) is 31.6 Å². The summed E-state index contributed by atoms with van der Waals surface area (Å²) >= 11 is 0. The summed E-state index contributed by atoms with van der Waals surface area (Å²) in [4.78, 5) is 44.7. The monoisotopic (exact) mass is 376 g/mol. The van der Waals surface area contributed by atoms with Gasteiger partial charge < -0.3 is 19.4 Å². The average molecular weight is 376 g/mol. The molecule has 9 heteroatoms. The first-order valence-corrected chi connectivity index (χ1v) is 9.13. The van der Waals surface area contributed by atoms with Crippen molar-refractivity contribution in [2.24, 2.45) is 0 Å². The quantitative estimate of drug-likeness (QED) is 0.817. The maximum atomic E-state index is 12.1. The minimum Gasteiger partial charge on any atom is -0.461 e. The summed E-state index contributed by atoms with van der Waals surface area (Å²) in [7, 11) is 0. The predicted molar refractivity (Wildman–Crippen MR) is 96.9 cm³/mol. The van der Waals surface area contributed by atoms with Gasteiger partial charge in [0.1, 0.15) is 6.33 Å². The van der Waals surface area contributed by atoms with Crippen molar-refractivity contribution in [3.63, 3.8) is 0 Å². The lowest BCUT2D eigenvalue weighted by molar-refractivity contribution is 0.0521. The van der Waals surface area contributed by atoms with Crippen molar-refractivity contribution < 1.29 is 19.1 Å². The minimum absolute atomic E-state index is 0.0714. The minimum atomic E-state index is -0.570. The normalized spacial score (nSPS) is 15.3. The van der Waals surface area contributed by atoms with E-state index in [0.717, 1.165) is 5.69 Å². The first kappa shape index (κ1) is 18.9. The molecule has 1 fully saturated rings. The van der Waals surface area contributed by atoms with Crippen LogP contribution in [0.3, 0.4) is 0 Å². The van der Waals surface area contributed by atoms with Crippen LogP contribution < -0.4 is 5.56 Å². The van der Waals surface area contributed by atoms with Crippen LogP contribution >= 0.6 is 0 Å². The maximum absolute atomic E-state index is 12.1. The zero-order valence-corrected chi connectivity index (χ0v) is 15.7. The lowest BCUT2D eigenvalue weighted by Gasteiger charge is -2.32. The zero-order valence-electron chi connectivity index (χ0n) is 15.7. The number of nitrogens with one attached hydrogen (secondary N) is 1. The van der Waals surface area contributed by atoms with Crippen molar-refractivity contribution in [1.29, 1.82) is 0 Å². The molecule has 1 saturated heterocycles. The van der Waals surface area contributed by atoms with E-state index in [-0.39, 0.29) is 36.0 Å². The summed E-state index contributed by atoms with van der Waals surface area (Å²) in [6, 6.07) is 1.52. The van der Waals surface area contributed by atoms with E-state index in [1.165, 1.54) is 12.4 Å². The fourth-order valence-electron chi connectivity index (χ4n) is 3.32. The molecule has 2 aromatic heterocycles. The average Bonchev–Trinajstić information content (AvgIpc) is 3.04. The number of imidazole rings is 1. The molecule has 1 aliphatic heterocycles. The highest BCUT2D eigenvalue weighted by atomic mass is 16.6. The van der Waals surface area contributed by atoms with E-state index in [4.69, 9.17) is 9.47 Å². The molecule has 0 saturated carbocycles. The molecule has 0 aromatic carbocycles. The molecule has 1 aliphatic rings. The summed E-state index contributed by atoms with van der Waals surface area (Å²) in [5.41, 5.74) is 0.894. The molecule has 0 atom stereocenters. The molecular formula is C18H24N4O5. The van der Waals surface area contributed by atoms with Crippen molar-refractivity contribution in [2.45, 2.75) is 45.6 Å². The van der Waals surface area contributed by atoms with Crippen LogP contribution in [0, 0.1) is 0 Å². The van der Waals surface area contributed by atoms with Gasteiger partial charge in [-0.05, 0) is 33.6 Å². The van der Waals surface area contributed by atoms with Crippen LogP contribution in [-0.2, 0) is 9.47 Å². The Bertz CT molecular complexity index is 893. The van der Waals surface area contributed by atoms with E-state index in [1.54, 1.807) is 16.2 Å². The third kappa shape index (κ3) is 3.96. The number of carbonyl (C=O) groups excluding carboxylic acids is 2. The van der Waals surface area contributed by atoms with Crippen molar-refractivity contribution in [1.82, 2.24) is 19.3 Å². The van der Waals surface area contributed by atoms with Crippen LogP contribution in [-0.4, -0.2) is 57.1 Å². The lowest BCUT2D eigenvalue weighted by atomic mass is 9.93. The number of rotatable bonds is 4. The number of amides is 1. The molecule has 9 nitrogen and oxygen atoms in total. The Morgan fingerprint density at radius 3 is 2.67 bits per heavy atom. The molecule has 3 heterocycles. The van der Waals surface area contributed by atoms with Gasteiger partial charge in [-0.15, -0.1) is 0 Å². The van der Waals surface area contributed by atoms with Crippen LogP contribution in [0.1, 0.15) is 55.7 Å². The number of hydrogen-bond acceptors (Lipinski definition) is 6. The lowest BCUT2D eigenvalue weighted by Crippen LogP contribution is -2.39. The molecular weight excluding hydrogens is 352 g/mol. The zero-order chi connectivity index (χ0) is 19.6. The van der Waals surface area contributed by atoms with E-state index in [2.05, 4.69) is 9.97 Å². The summed E-state index contributed by atoms with van der Waals surface area (Å²) < 4.78 is 12.0. The third-order valence-electron chi connectivity index (χ3n) is 4.54. The largest absolute Gasteiger partial charge is 0.461 e. The number of ether oxygens (including phenoxy) is 2. The Morgan fingerprint density at radius 1 is 1.33 bits per heavy atom. The summed E-state index contributed by atoms with van der Waals surface area (Å²) in [6.45, 7) is 6.67. The number of H-pyrrole nitrogens is 1. The number of piperidine rings is 1. The molecule has 1 N–H and O–H groups in total. The summed E-state index contributed by atoms with van der Waals surface area (Å²) in [5.74, 6) is -0.499. The molecule has 146 valence electrons. The number of hydrogen-bond donors (Lipinski definition) is 1. The van der Waals surface area contributed by atoms with Gasteiger partial charge in [0.15, 0.2) is 11.3 Å². The van der Waals surface area contributed by atoms with Gasteiger partial charge in [0.05, 0.1) is 12.7 Å². The van der Waals surface area contributed by atoms with E-state index in [1.807, 2.05) is 13.8 Å². The van der Waals surface area contributed by atoms with Crippen LogP contribution in [0.5, 0.6) is 0 Å². The fourth-order valence-corrected chi connectivity index (χ4v) is 3.32. The summed E-state index contributed by atoms with van der Waals surface area (Å²) in [5, 5.41) is 0. The van der Waals surface area contributed by atoms with E-state index in [9.17, 15) is 14.4 Å². The van der Waals surface area contributed by atoms with Crippen LogP contribution in [0.2, 0.25) is 0 Å². The molecule has 0 spiro atoms. The topological polar surface area (TPSA) is 106 Å². The molecule has 0 unspecified atom stereocenters. The molecule has 0 bridgehead atoms. The molecule has 3 rings (SSSR count). The van der Waals surface area contributed by atoms with Crippen LogP contribution in [0.25, 0.3) is 5.65 Å². The number of nitrogens with zero attached hydrogens (tertiary/aromatic N) is 3. The van der Waals surface area contributed by atoms with Crippen molar-refractivity contribution >= 4 is 17.7 Å². The second-order valence-electron chi connectivity index (χ2n) is 6.78. The number of fused-ring (bicyclic) bond motifs is 1. The number of likely N-dealkylation sites (tertiary alicyclic amines) is 1. The SMILES string of the molecule is CCOC(=O)c1ncn2c(C3CCN(C(=O)OC(C)C)CC3)cc(=O)[nH]c12. The second-order valence-corrected chi connectivity index (χ2v) is 6.78. The van der Waals surface area contributed by atoms with Crippen LogP contribution in [0.15, 0.2) is 17.2 Å². The Hall–Kier alpha value is -2.84. The van der Waals surface area contributed by atoms with E-state index < -0.39 is 5.97 Å². The van der Waals surface area contributed by atoms with Crippen LogP contribution in [0.4, 0.5) is 4.79 Å². The smallest absolute Gasteiger partial charge is 0.410 e. The van der Waals surface area contributed by atoms with Crippen molar-refractivity contribution in [3.05, 3.63) is 34.1 Å². The molecule has 2 aromatic rings. The van der Waals surface area contributed by atoms with Gasteiger partial charge in [0.2, 0.25) is 0 Å². The second kappa shape index (κ2) is 7.81. The van der Waals surface area contributed by atoms with Gasteiger partial charge in [0.25, 0.3) is 5.56 Å². The first-order chi connectivity index (χ1) is 12.9. The van der Waals surface area contributed by atoms with E-state index >= 15 is 0 Å². The fraction of sp³-hybridized carbons (Fsp3) is 0.556. The number of esters is 1.